The summed E-state index contributed by atoms with van der Waals surface area (Å²) in [6.45, 7) is 0.257. The zero-order valence-corrected chi connectivity index (χ0v) is 19.0. The Labute approximate surface area is 199 Å². The Hall–Kier alpha value is -3.60. The molecule has 1 N–H and O–H groups in total. The molecule has 0 spiro atoms. The third-order valence-electron chi connectivity index (χ3n) is 5.78. The summed E-state index contributed by atoms with van der Waals surface area (Å²) >= 11 is 0. The number of aliphatic hydroxyl groups excluding tert-OH is 1. The number of benzene rings is 2. The first kappa shape index (κ1) is 24.5. The lowest BCUT2D eigenvalue weighted by Crippen LogP contribution is -2.47. The molecule has 1 aromatic heterocycles. The molecule has 0 bridgehead atoms. The standard InChI is InChI=1S/C25H25FN2O7/c1-25(26)21(35-22(31)18-10-6-3-7-11-18)19(14-29)34-23(25)27-13-12-20(30)28(24(27)32)16-33-15-17-8-4-2-5-9-17/h2-13,19,21,23,29H,14-16H2,1H3. The first-order chi connectivity index (χ1) is 16.8. The second-order valence-corrected chi connectivity index (χ2v) is 8.29. The van der Waals surface area contributed by atoms with Crippen LogP contribution < -0.4 is 11.2 Å². The van der Waals surface area contributed by atoms with E-state index in [0.717, 1.165) is 33.9 Å². The number of nitrogens with zero attached hydrogens (tertiary/aromatic N) is 2. The van der Waals surface area contributed by atoms with Crippen molar-refractivity contribution in [1.29, 1.82) is 0 Å². The van der Waals surface area contributed by atoms with Crippen LogP contribution in [0.4, 0.5) is 4.39 Å². The third kappa shape index (κ3) is 5.09. The average Bonchev–Trinajstić information content (AvgIpc) is 3.11. The number of ether oxygens (including phenoxy) is 3. The summed E-state index contributed by atoms with van der Waals surface area (Å²) in [5.41, 5.74) is -2.87. The van der Waals surface area contributed by atoms with E-state index in [-0.39, 0.29) is 18.9 Å². The van der Waals surface area contributed by atoms with Crippen LogP contribution >= 0.6 is 0 Å². The molecule has 1 fully saturated rings. The van der Waals surface area contributed by atoms with Gasteiger partial charge in [0.2, 0.25) is 0 Å². The Balaban J connectivity index is 1.57. The number of rotatable bonds is 8. The van der Waals surface area contributed by atoms with Crippen molar-refractivity contribution in [3.8, 4) is 0 Å². The zero-order valence-electron chi connectivity index (χ0n) is 19.0. The van der Waals surface area contributed by atoms with Gasteiger partial charge in [0.25, 0.3) is 5.56 Å². The van der Waals surface area contributed by atoms with Crippen LogP contribution in [-0.2, 0) is 27.5 Å². The van der Waals surface area contributed by atoms with Crippen molar-refractivity contribution in [1.82, 2.24) is 9.13 Å². The van der Waals surface area contributed by atoms with Crippen LogP contribution in [0.2, 0.25) is 0 Å². The second kappa shape index (κ2) is 10.3. The van der Waals surface area contributed by atoms with Crippen LogP contribution in [0.25, 0.3) is 0 Å². The molecule has 3 aromatic rings. The predicted molar refractivity (Wildman–Crippen MR) is 122 cm³/mol. The van der Waals surface area contributed by atoms with Crippen molar-refractivity contribution in [2.24, 2.45) is 0 Å². The molecule has 1 saturated heterocycles. The molecule has 0 radical (unpaired) electrons. The van der Waals surface area contributed by atoms with Crippen molar-refractivity contribution >= 4 is 5.97 Å². The molecule has 4 unspecified atom stereocenters. The fourth-order valence-electron chi connectivity index (χ4n) is 3.96. The van der Waals surface area contributed by atoms with Crippen LogP contribution in [0, 0.1) is 0 Å². The molecule has 0 saturated carbocycles. The first-order valence-electron chi connectivity index (χ1n) is 11.0. The maximum Gasteiger partial charge on any atom is 0.338 e. The Morgan fingerprint density at radius 2 is 1.74 bits per heavy atom. The minimum Gasteiger partial charge on any atom is -0.452 e. The normalized spacial score (nSPS) is 23.8. The van der Waals surface area contributed by atoms with Gasteiger partial charge in [-0.3, -0.25) is 9.36 Å². The lowest BCUT2D eigenvalue weighted by molar-refractivity contribution is -0.0629. The van der Waals surface area contributed by atoms with Gasteiger partial charge in [-0.15, -0.1) is 0 Å². The highest BCUT2D eigenvalue weighted by molar-refractivity contribution is 5.89. The van der Waals surface area contributed by atoms with Crippen LogP contribution in [0.3, 0.4) is 0 Å². The van der Waals surface area contributed by atoms with Crippen LogP contribution in [-0.4, -0.2) is 44.7 Å². The second-order valence-electron chi connectivity index (χ2n) is 8.29. The van der Waals surface area contributed by atoms with Crippen molar-refractivity contribution < 1.29 is 28.5 Å². The third-order valence-corrected chi connectivity index (χ3v) is 5.78. The molecule has 10 heteroatoms. The highest BCUT2D eigenvalue weighted by Crippen LogP contribution is 2.42. The van der Waals surface area contributed by atoms with Gasteiger partial charge in [-0.2, -0.15) is 0 Å². The van der Waals surface area contributed by atoms with E-state index < -0.39 is 47.9 Å². The smallest absolute Gasteiger partial charge is 0.338 e. The summed E-state index contributed by atoms with van der Waals surface area (Å²) in [5, 5.41) is 9.76. The molecule has 2 heterocycles. The number of carbonyl (C=O) groups is 1. The topological polar surface area (TPSA) is 109 Å². The summed E-state index contributed by atoms with van der Waals surface area (Å²) in [4.78, 5) is 37.9. The fraction of sp³-hybridized carbons (Fsp3) is 0.320. The number of aromatic nitrogens is 2. The highest BCUT2D eigenvalue weighted by Gasteiger charge is 2.58. The van der Waals surface area contributed by atoms with Crippen molar-refractivity contribution in [3.63, 3.8) is 0 Å². The van der Waals surface area contributed by atoms with Gasteiger partial charge in [0.15, 0.2) is 18.0 Å². The number of hydrogen-bond acceptors (Lipinski definition) is 7. The highest BCUT2D eigenvalue weighted by atomic mass is 19.1. The summed E-state index contributed by atoms with van der Waals surface area (Å²) in [6, 6.07) is 18.3. The number of alkyl halides is 1. The van der Waals surface area contributed by atoms with E-state index in [1.165, 1.54) is 12.1 Å². The Morgan fingerprint density at radius 3 is 2.40 bits per heavy atom. The quantitative estimate of drug-likeness (QED) is 0.488. The van der Waals surface area contributed by atoms with Gasteiger partial charge in [-0.25, -0.2) is 18.5 Å². The monoisotopic (exact) mass is 484 g/mol. The molecule has 0 amide bonds. The van der Waals surface area contributed by atoms with E-state index in [0.29, 0.717) is 0 Å². The maximum atomic E-state index is 16.0. The number of carbonyl (C=O) groups excluding carboxylic acids is 1. The molecule has 1 aliphatic heterocycles. The molecule has 184 valence electrons. The number of halogens is 1. The molecule has 4 rings (SSSR count). The van der Waals surface area contributed by atoms with E-state index in [1.807, 2.05) is 30.3 Å². The molecule has 1 aliphatic rings. The minimum absolute atomic E-state index is 0.159. The first-order valence-corrected chi connectivity index (χ1v) is 11.0. The molecule has 35 heavy (non-hydrogen) atoms. The molecule has 9 nitrogen and oxygen atoms in total. The van der Waals surface area contributed by atoms with Gasteiger partial charge < -0.3 is 19.3 Å². The van der Waals surface area contributed by atoms with Crippen molar-refractivity contribution in [2.45, 2.75) is 44.4 Å². The Bertz CT molecular complexity index is 1270. The number of aliphatic hydroxyl groups is 1. The van der Waals surface area contributed by atoms with Crippen molar-refractivity contribution in [2.75, 3.05) is 6.61 Å². The number of hydrogen-bond donors (Lipinski definition) is 1. The summed E-state index contributed by atoms with van der Waals surface area (Å²) in [7, 11) is 0. The van der Waals surface area contributed by atoms with Crippen LogP contribution in [0.1, 0.15) is 29.1 Å². The molecule has 2 aromatic carbocycles. The largest absolute Gasteiger partial charge is 0.452 e. The lowest BCUT2D eigenvalue weighted by Gasteiger charge is -2.28. The average molecular weight is 484 g/mol. The van der Waals surface area contributed by atoms with E-state index in [2.05, 4.69) is 0 Å². The van der Waals surface area contributed by atoms with E-state index >= 15 is 4.39 Å². The van der Waals surface area contributed by atoms with Crippen molar-refractivity contribution in [3.05, 3.63) is 105 Å². The summed E-state index contributed by atoms with van der Waals surface area (Å²) in [5.74, 6) is -0.797. The van der Waals surface area contributed by atoms with Gasteiger partial charge in [0, 0.05) is 12.3 Å². The summed E-state index contributed by atoms with van der Waals surface area (Å²) in [6.07, 6.45) is -3.20. The van der Waals surface area contributed by atoms with Gasteiger partial charge in [-0.1, -0.05) is 48.5 Å². The van der Waals surface area contributed by atoms with Gasteiger partial charge >= 0.3 is 11.7 Å². The molecular formula is C25H25FN2O7. The van der Waals surface area contributed by atoms with Gasteiger partial charge in [0.05, 0.1) is 18.8 Å². The zero-order chi connectivity index (χ0) is 25.0. The van der Waals surface area contributed by atoms with Gasteiger partial charge in [0.1, 0.15) is 12.8 Å². The van der Waals surface area contributed by atoms with E-state index in [9.17, 15) is 19.5 Å². The maximum absolute atomic E-state index is 16.0. The minimum atomic E-state index is -2.41. The van der Waals surface area contributed by atoms with E-state index in [1.54, 1.807) is 18.2 Å². The SMILES string of the molecule is CC1(F)C(OC(=O)c2ccccc2)C(CO)OC1n1ccc(=O)n(COCc2ccccc2)c1=O. The Kier molecular flexibility index (Phi) is 7.25. The van der Waals surface area contributed by atoms with Gasteiger partial charge in [-0.05, 0) is 24.6 Å². The summed E-state index contributed by atoms with van der Waals surface area (Å²) < 4.78 is 34.2. The van der Waals surface area contributed by atoms with Crippen LogP contribution in [0.5, 0.6) is 0 Å². The lowest BCUT2D eigenvalue weighted by atomic mass is 9.98. The molecule has 4 atom stereocenters. The number of esters is 1. The molecule has 0 aliphatic carbocycles. The van der Waals surface area contributed by atoms with E-state index in [4.69, 9.17) is 14.2 Å². The predicted octanol–water partition coefficient (Wildman–Crippen LogP) is 2.03. The Morgan fingerprint density at radius 1 is 1.09 bits per heavy atom. The fourth-order valence-corrected chi connectivity index (χ4v) is 3.96. The molecular weight excluding hydrogens is 459 g/mol. The van der Waals surface area contributed by atoms with Crippen LogP contribution in [0.15, 0.2) is 82.5 Å².